The number of fused-ring (bicyclic) bond motifs is 1. The van der Waals surface area contributed by atoms with Gasteiger partial charge in [0, 0.05) is 24.2 Å². The lowest BCUT2D eigenvalue weighted by atomic mass is 10.1. The van der Waals surface area contributed by atoms with Gasteiger partial charge in [-0.05, 0) is 13.3 Å². The quantitative estimate of drug-likeness (QED) is 0.770. The van der Waals surface area contributed by atoms with Crippen molar-refractivity contribution in [1.82, 2.24) is 4.90 Å². The fourth-order valence-corrected chi connectivity index (χ4v) is 2.12. The lowest BCUT2D eigenvalue weighted by molar-refractivity contribution is 0.0953. The monoisotopic (exact) mass is 217 g/mol. The van der Waals surface area contributed by atoms with Gasteiger partial charge in [-0.15, -0.1) is 0 Å². The van der Waals surface area contributed by atoms with E-state index in [0.29, 0.717) is 0 Å². The summed E-state index contributed by atoms with van der Waals surface area (Å²) in [5.74, 6) is 1.06. The molecule has 0 saturated carbocycles. The molecule has 16 heavy (non-hydrogen) atoms. The lowest BCUT2D eigenvalue weighted by Crippen LogP contribution is -2.32. The van der Waals surface area contributed by atoms with Crippen LogP contribution in [-0.4, -0.2) is 18.2 Å². The SMILES string of the molecule is C/C=C/c1cccc2c1OCN(CCC)C2. The first-order valence-corrected chi connectivity index (χ1v) is 5.95. The van der Waals surface area contributed by atoms with E-state index in [9.17, 15) is 0 Å². The van der Waals surface area contributed by atoms with Gasteiger partial charge in [0.2, 0.25) is 0 Å². The maximum Gasteiger partial charge on any atom is 0.142 e. The molecule has 0 aliphatic carbocycles. The van der Waals surface area contributed by atoms with Gasteiger partial charge in [0.25, 0.3) is 0 Å². The normalized spacial score (nSPS) is 16.1. The molecule has 0 radical (unpaired) electrons. The molecule has 0 bridgehead atoms. The Morgan fingerprint density at radius 3 is 3.06 bits per heavy atom. The van der Waals surface area contributed by atoms with Crippen molar-refractivity contribution in [3.05, 3.63) is 35.4 Å². The van der Waals surface area contributed by atoms with E-state index in [4.69, 9.17) is 4.74 Å². The predicted molar refractivity (Wildman–Crippen MR) is 67.3 cm³/mol. The maximum atomic E-state index is 5.85. The highest BCUT2D eigenvalue weighted by atomic mass is 16.5. The van der Waals surface area contributed by atoms with Crippen LogP contribution in [0.25, 0.3) is 6.08 Å². The Morgan fingerprint density at radius 2 is 2.31 bits per heavy atom. The van der Waals surface area contributed by atoms with Gasteiger partial charge in [-0.2, -0.15) is 0 Å². The standard InChI is InChI=1S/C14H19NO/c1-3-6-12-7-5-8-13-10-15(9-4-2)11-16-14(12)13/h3,5-8H,4,9-11H2,1-2H3/b6-3+. The fourth-order valence-electron chi connectivity index (χ4n) is 2.12. The summed E-state index contributed by atoms with van der Waals surface area (Å²) < 4.78 is 5.85. The van der Waals surface area contributed by atoms with E-state index < -0.39 is 0 Å². The average molecular weight is 217 g/mol. The number of benzene rings is 1. The fraction of sp³-hybridized carbons (Fsp3) is 0.429. The zero-order chi connectivity index (χ0) is 11.4. The van der Waals surface area contributed by atoms with E-state index in [1.165, 1.54) is 17.5 Å². The molecule has 86 valence electrons. The number of hydrogen-bond acceptors (Lipinski definition) is 2. The molecule has 2 rings (SSSR count). The van der Waals surface area contributed by atoms with E-state index in [1.54, 1.807) is 0 Å². The first kappa shape index (κ1) is 11.2. The van der Waals surface area contributed by atoms with E-state index in [1.807, 2.05) is 6.92 Å². The second kappa shape index (κ2) is 5.17. The maximum absolute atomic E-state index is 5.85. The molecule has 1 aliphatic rings. The molecule has 0 N–H and O–H groups in total. The van der Waals surface area contributed by atoms with Crippen LogP contribution in [0.5, 0.6) is 5.75 Å². The van der Waals surface area contributed by atoms with Crippen LogP contribution in [0, 0.1) is 0 Å². The Hall–Kier alpha value is -1.28. The van der Waals surface area contributed by atoms with Crippen LogP contribution < -0.4 is 4.74 Å². The molecule has 1 aliphatic heterocycles. The highest BCUT2D eigenvalue weighted by Gasteiger charge is 2.17. The number of ether oxygens (including phenoxy) is 1. The van der Waals surface area contributed by atoms with Crippen LogP contribution in [0.4, 0.5) is 0 Å². The summed E-state index contributed by atoms with van der Waals surface area (Å²) in [4.78, 5) is 2.34. The molecule has 1 aromatic carbocycles. The minimum atomic E-state index is 0.718. The zero-order valence-electron chi connectivity index (χ0n) is 10.1. The summed E-state index contributed by atoms with van der Waals surface area (Å²) >= 11 is 0. The third kappa shape index (κ3) is 2.27. The second-order valence-electron chi connectivity index (χ2n) is 4.16. The third-order valence-corrected chi connectivity index (χ3v) is 2.80. The van der Waals surface area contributed by atoms with Gasteiger partial charge < -0.3 is 4.74 Å². The average Bonchev–Trinajstić information content (AvgIpc) is 2.30. The summed E-state index contributed by atoms with van der Waals surface area (Å²) in [6.07, 6.45) is 5.33. The Kier molecular flexibility index (Phi) is 3.62. The molecule has 0 spiro atoms. The van der Waals surface area contributed by atoms with Gasteiger partial charge in [-0.3, -0.25) is 4.90 Å². The zero-order valence-corrected chi connectivity index (χ0v) is 10.1. The van der Waals surface area contributed by atoms with Crippen LogP contribution in [-0.2, 0) is 6.54 Å². The first-order chi connectivity index (χ1) is 7.85. The highest BCUT2D eigenvalue weighted by molar-refractivity contribution is 5.60. The van der Waals surface area contributed by atoms with Crippen molar-refractivity contribution >= 4 is 6.08 Å². The number of para-hydroxylation sites is 1. The molecule has 0 unspecified atom stereocenters. The molecule has 2 heteroatoms. The Balaban J connectivity index is 2.23. The van der Waals surface area contributed by atoms with Crippen molar-refractivity contribution in [3.63, 3.8) is 0 Å². The van der Waals surface area contributed by atoms with Crippen molar-refractivity contribution < 1.29 is 4.74 Å². The van der Waals surface area contributed by atoms with E-state index in [-0.39, 0.29) is 0 Å². The predicted octanol–water partition coefficient (Wildman–Crippen LogP) is 3.28. The molecule has 1 heterocycles. The first-order valence-electron chi connectivity index (χ1n) is 5.95. The van der Waals surface area contributed by atoms with Gasteiger partial charge in [0.05, 0.1) is 0 Å². The topological polar surface area (TPSA) is 12.5 Å². The summed E-state index contributed by atoms with van der Waals surface area (Å²) in [5, 5.41) is 0. The van der Waals surface area contributed by atoms with Gasteiger partial charge in [-0.1, -0.05) is 37.3 Å². The van der Waals surface area contributed by atoms with Crippen LogP contribution in [0.2, 0.25) is 0 Å². The largest absolute Gasteiger partial charge is 0.477 e. The van der Waals surface area contributed by atoms with E-state index >= 15 is 0 Å². The summed E-state index contributed by atoms with van der Waals surface area (Å²) in [6.45, 7) is 7.06. The molecule has 0 saturated heterocycles. The van der Waals surface area contributed by atoms with E-state index in [0.717, 1.165) is 25.6 Å². The molecule has 0 atom stereocenters. The van der Waals surface area contributed by atoms with Crippen molar-refractivity contribution in [1.29, 1.82) is 0 Å². The Labute approximate surface area is 97.5 Å². The van der Waals surface area contributed by atoms with Crippen LogP contribution in [0.3, 0.4) is 0 Å². The van der Waals surface area contributed by atoms with Gasteiger partial charge in [-0.25, -0.2) is 0 Å². The summed E-state index contributed by atoms with van der Waals surface area (Å²) in [6, 6.07) is 6.37. The molecular weight excluding hydrogens is 198 g/mol. The lowest BCUT2D eigenvalue weighted by Gasteiger charge is -2.29. The van der Waals surface area contributed by atoms with Crippen LogP contribution in [0.1, 0.15) is 31.4 Å². The van der Waals surface area contributed by atoms with Crippen molar-refractivity contribution in [2.75, 3.05) is 13.3 Å². The van der Waals surface area contributed by atoms with Crippen LogP contribution in [0.15, 0.2) is 24.3 Å². The van der Waals surface area contributed by atoms with E-state index in [2.05, 4.69) is 42.2 Å². The van der Waals surface area contributed by atoms with Crippen molar-refractivity contribution in [2.24, 2.45) is 0 Å². The minimum absolute atomic E-state index is 0.718. The second-order valence-corrected chi connectivity index (χ2v) is 4.16. The Morgan fingerprint density at radius 1 is 1.44 bits per heavy atom. The highest BCUT2D eigenvalue weighted by Crippen LogP contribution is 2.29. The number of hydrogen-bond donors (Lipinski definition) is 0. The summed E-state index contributed by atoms with van der Waals surface area (Å²) in [5.41, 5.74) is 2.49. The minimum Gasteiger partial charge on any atom is -0.477 e. The van der Waals surface area contributed by atoms with Crippen molar-refractivity contribution in [2.45, 2.75) is 26.8 Å². The van der Waals surface area contributed by atoms with Gasteiger partial charge in [0.15, 0.2) is 0 Å². The number of rotatable bonds is 3. The third-order valence-electron chi connectivity index (χ3n) is 2.80. The Bertz CT molecular complexity index is 384. The van der Waals surface area contributed by atoms with Crippen LogP contribution >= 0.6 is 0 Å². The molecule has 0 amide bonds. The number of allylic oxidation sites excluding steroid dienone is 1. The summed E-state index contributed by atoms with van der Waals surface area (Å²) in [7, 11) is 0. The molecule has 0 aromatic heterocycles. The molecule has 1 aromatic rings. The molecule has 2 nitrogen and oxygen atoms in total. The smallest absolute Gasteiger partial charge is 0.142 e. The molecular formula is C14H19NO. The van der Waals surface area contributed by atoms with Gasteiger partial charge in [0.1, 0.15) is 12.5 Å². The number of nitrogens with zero attached hydrogens (tertiary/aromatic N) is 1. The molecule has 0 fully saturated rings. The van der Waals surface area contributed by atoms with Gasteiger partial charge >= 0.3 is 0 Å². The van der Waals surface area contributed by atoms with Crippen molar-refractivity contribution in [3.8, 4) is 5.75 Å².